The number of carboxylic acid groups (broad SMARTS) is 1. The van der Waals surface area contributed by atoms with Gasteiger partial charge >= 0.3 is 5.97 Å². The van der Waals surface area contributed by atoms with Gasteiger partial charge in [-0.3, -0.25) is 19.4 Å². The summed E-state index contributed by atoms with van der Waals surface area (Å²) < 4.78 is 0. The molecule has 16 nitrogen and oxygen atoms in total. The number of nitrogens with one attached hydrogen (secondary N) is 4. The SMILES string of the molecule is CC(O)C(NC(=O)C(NC(=O)C(Cc1cnc[nH]1)NC(=O)C(N)CCCN=C(N)N)C(C)O)C(=O)O. The van der Waals surface area contributed by atoms with Crippen molar-refractivity contribution < 1.29 is 34.5 Å². The van der Waals surface area contributed by atoms with Gasteiger partial charge in [0.25, 0.3) is 0 Å². The maximum Gasteiger partial charge on any atom is 0.328 e. The van der Waals surface area contributed by atoms with Gasteiger partial charge < -0.3 is 53.5 Å². The summed E-state index contributed by atoms with van der Waals surface area (Å²) in [7, 11) is 0. The van der Waals surface area contributed by atoms with E-state index in [0.29, 0.717) is 12.1 Å². The second kappa shape index (κ2) is 14.6. The molecule has 1 rings (SSSR count). The number of H-pyrrole nitrogens is 1. The summed E-state index contributed by atoms with van der Waals surface area (Å²) in [6.07, 6.45) is 0.475. The number of aromatic nitrogens is 2. The third-order valence-corrected chi connectivity index (χ3v) is 5.03. The Kier molecular flexibility index (Phi) is 12.3. The van der Waals surface area contributed by atoms with Crippen molar-refractivity contribution in [3.8, 4) is 0 Å². The average Bonchev–Trinajstić information content (AvgIpc) is 3.29. The molecule has 0 spiro atoms. The fourth-order valence-corrected chi connectivity index (χ4v) is 3.05. The highest BCUT2D eigenvalue weighted by molar-refractivity contribution is 5.94. The summed E-state index contributed by atoms with van der Waals surface area (Å²) in [6, 6.07) is -5.49. The van der Waals surface area contributed by atoms with Gasteiger partial charge in [-0.05, 0) is 26.7 Å². The summed E-state index contributed by atoms with van der Waals surface area (Å²) in [6.45, 7) is 2.62. The first-order valence-electron chi connectivity index (χ1n) is 11.1. The predicted molar refractivity (Wildman–Crippen MR) is 127 cm³/mol. The van der Waals surface area contributed by atoms with Crippen molar-refractivity contribution >= 4 is 29.7 Å². The fraction of sp³-hybridized carbons (Fsp3) is 0.600. The predicted octanol–water partition coefficient (Wildman–Crippen LogP) is -4.37. The number of rotatable bonds is 15. The van der Waals surface area contributed by atoms with E-state index < -0.39 is 60.1 Å². The van der Waals surface area contributed by atoms with E-state index in [1.807, 2.05) is 0 Å². The molecule has 0 aromatic carbocycles. The Labute approximate surface area is 207 Å². The molecule has 13 N–H and O–H groups in total. The summed E-state index contributed by atoms with van der Waals surface area (Å²) in [5.41, 5.74) is 16.9. The van der Waals surface area contributed by atoms with Gasteiger partial charge in [-0.15, -0.1) is 0 Å². The molecule has 1 heterocycles. The fourth-order valence-electron chi connectivity index (χ4n) is 3.05. The number of aromatic amines is 1. The Balaban J connectivity index is 2.95. The van der Waals surface area contributed by atoms with E-state index >= 15 is 0 Å². The smallest absolute Gasteiger partial charge is 0.328 e. The lowest BCUT2D eigenvalue weighted by atomic mass is 10.1. The molecular formula is C20H35N9O7. The minimum absolute atomic E-state index is 0.0577. The molecule has 0 fully saturated rings. The highest BCUT2D eigenvalue weighted by atomic mass is 16.4. The number of hydrogen-bond acceptors (Lipinski definition) is 9. The van der Waals surface area contributed by atoms with Crippen molar-refractivity contribution in [2.24, 2.45) is 22.2 Å². The standard InChI is InChI=1S/C20H35N9O7/c1-9(30)14(18(34)29-15(10(2)31)19(35)36)28-17(33)13(6-11-7-24-8-26-11)27-16(32)12(21)4-3-5-25-20(22)23/h7-10,12-15,30-31H,3-6,21H2,1-2H3,(H,24,26)(H,27,32)(H,28,33)(H,29,34)(H,35,36)(H4,22,23,25). The first-order valence-corrected chi connectivity index (χ1v) is 11.1. The van der Waals surface area contributed by atoms with Crippen LogP contribution in [0.3, 0.4) is 0 Å². The number of aliphatic imine (C=N–C) groups is 1. The van der Waals surface area contributed by atoms with Crippen LogP contribution in [-0.4, -0.2) is 97.9 Å². The van der Waals surface area contributed by atoms with E-state index in [-0.39, 0.29) is 25.3 Å². The number of guanidine groups is 1. The Hall–Kier alpha value is -3.76. The van der Waals surface area contributed by atoms with E-state index in [9.17, 15) is 29.4 Å². The Morgan fingerprint density at radius 3 is 2.14 bits per heavy atom. The van der Waals surface area contributed by atoms with Crippen LogP contribution in [-0.2, 0) is 25.6 Å². The lowest BCUT2D eigenvalue weighted by molar-refractivity contribution is -0.146. The molecule has 1 aromatic heterocycles. The van der Waals surface area contributed by atoms with E-state index in [1.54, 1.807) is 0 Å². The quantitative estimate of drug-likeness (QED) is 0.0607. The van der Waals surface area contributed by atoms with Crippen LogP contribution in [0.2, 0.25) is 0 Å². The average molecular weight is 514 g/mol. The van der Waals surface area contributed by atoms with Crippen LogP contribution in [0.4, 0.5) is 0 Å². The zero-order chi connectivity index (χ0) is 27.4. The lowest BCUT2D eigenvalue weighted by Gasteiger charge is -2.27. The van der Waals surface area contributed by atoms with Gasteiger partial charge in [0.15, 0.2) is 12.0 Å². The number of aliphatic hydroxyl groups excluding tert-OH is 2. The minimum Gasteiger partial charge on any atom is -0.480 e. The Morgan fingerprint density at radius 1 is 1.03 bits per heavy atom. The number of aliphatic hydroxyl groups is 2. The number of amides is 3. The Morgan fingerprint density at radius 2 is 1.64 bits per heavy atom. The van der Waals surface area contributed by atoms with Crippen LogP contribution in [0.1, 0.15) is 32.4 Å². The summed E-state index contributed by atoms with van der Waals surface area (Å²) in [4.78, 5) is 60.0. The van der Waals surface area contributed by atoms with Crippen molar-refractivity contribution in [1.29, 1.82) is 0 Å². The van der Waals surface area contributed by atoms with Gasteiger partial charge in [0.1, 0.15) is 12.1 Å². The van der Waals surface area contributed by atoms with Gasteiger partial charge in [0.2, 0.25) is 17.7 Å². The zero-order valence-electron chi connectivity index (χ0n) is 20.0. The molecule has 6 atom stereocenters. The maximum atomic E-state index is 13.0. The number of nitrogens with two attached hydrogens (primary N) is 3. The molecule has 202 valence electrons. The van der Waals surface area contributed by atoms with Crippen LogP contribution in [0.5, 0.6) is 0 Å². The molecule has 16 heteroatoms. The van der Waals surface area contributed by atoms with E-state index in [2.05, 4.69) is 30.9 Å². The molecule has 6 unspecified atom stereocenters. The van der Waals surface area contributed by atoms with Crippen LogP contribution < -0.4 is 33.2 Å². The highest BCUT2D eigenvalue weighted by Gasteiger charge is 2.34. The lowest BCUT2D eigenvalue weighted by Crippen LogP contribution is -2.61. The number of carbonyl (C=O) groups excluding carboxylic acids is 3. The zero-order valence-corrected chi connectivity index (χ0v) is 20.0. The maximum absolute atomic E-state index is 13.0. The molecule has 3 amide bonds. The summed E-state index contributed by atoms with van der Waals surface area (Å²) in [5.74, 6) is -4.15. The molecule has 0 aliphatic rings. The summed E-state index contributed by atoms with van der Waals surface area (Å²) in [5, 5.41) is 35.7. The number of nitrogens with zero attached hydrogens (tertiary/aromatic N) is 2. The van der Waals surface area contributed by atoms with Gasteiger partial charge in [0, 0.05) is 24.9 Å². The van der Waals surface area contributed by atoms with Gasteiger partial charge in [0.05, 0.1) is 24.6 Å². The number of hydrogen-bond donors (Lipinski definition) is 10. The van der Waals surface area contributed by atoms with Crippen molar-refractivity contribution in [2.45, 2.75) is 69.5 Å². The molecule has 36 heavy (non-hydrogen) atoms. The van der Waals surface area contributed by atoms with Crippen LogP contribution in [0.15, 0.2) is 17.5 Å². The van der Waals surface area contributed by atoms with Gasteiger partial charge in [-0.1, -0.05) is 0 Å². The second-order valence-electron chi connectivity index (χ2n) is 8.19. The largest absolute Gasteiger partial charge is 0.480 e. The van der Waals surface area contributed by atoms with E-state index in [1.165, 1.54) is 19.4 Å². The topological polar surface area (TPSA) is 284 Å². The molecule has 0 radical (unpaired) electrons. The third kappa shape index (κ3) is 10.2. The van der Waals surface area contributed by atoms with Crippen molar-refractivity contribution in [3.63, 3.8) is 0 Å². The first-order chi connectivity index (χ1) is 16.8. The number of carbonyl (C=O) groups is 4. The third-order valence-electron chi connectivity index (χ3n) is 5.03. The number of carboxylic acids is 1. The van der Waals surface area contributed by atoms with E-state index in [0.717, 1.165) is 6.92 Å². The van der Waals surface area contributed by atoms with E-state index in [4.69, 9.17) is 22.3 Å². The van der Waals surface area contributed by atoms with Gasteiger partial charge in [-0.2, -0.15) is 0 Å². The normalized spacial score (nSPS) is 15.9. The molecule has 0 bridgehead atoms. The number of aliphatic carboxylic acids is 1. The second-order valence-corrected chi connectivity index (χ2v) is 8.19. The minimum atomic E-state index is -1.67. The monoisotopic (exact) mass is 513 g/mol. The first kappa shape index (κ1) is 30.3. The molecular weight excluding hydrogens is 478 g/mol. The molecule has 0 aliphatic carbocycles. The molecule has 0 aliphatic heterocycles. The highest BCUT2D eigenvalue weighted by Crippen LogP contribution is 2.04. The van der Waals surface area contributed by atoms with Crippen molar-refractivity contribution in [1.82, 2.24) is 25.9 Å². The van der Waals surface area contributed by atoms with Crippen LogP contribution in [0, 0.1) is 0 Å². The number of imidazole rings is 1. The van der Waals surface area contributed by atoms with Crippen molar-refractivity contribution in [2.75, 3.05) is 6.54 Å². The van der Waals surface area contributed by atoms with Crippen LogP contribution >= 0.6 is 0 Å². The Bertz CT molecular complexity index is 901. The van der Waals surface area contributed by atoms with Crippen LogP contribution in [0.25, 0.3) is 0 Å². The molecule has 0 saturated heterocycles. The molecule has 1 aromatic rings. The van der Waals surface area contributed by atoms with Gasteiger partial charge in [-0.25, -0.2) is 9.78 Å². The molecule has 0 saturated carbocycles. The van der Waals surface area contributed by atoms with Crippen molar-refractivity contribution in [3.05, 3.63) is 18.2 Å². The summed E-state index contributed by atoms with van der Waals surface area (Å²) >= 11 is 0.